The number of aldehydes is 1. The number of rotatable bonds is 3. The topological polar surface area (TPSA) is 76.0 Å². The fourth-order valence-electron chi connectivity index (χ4n) is 2.20. The van der Waals surface area contributed by atoms with Crippen LogP contribution in [0.25, 0.3) is 10.8 Å². The van der Waals surface area contributed by atoms with E-state index >= 15 is 0 Å². The largest absolute Gasteiger partial charge is 0.507 e. The van der Waals surface area contributed by atoms with Crippen molar-refractivity contribution in [3.63, 3.8) is 0 Å². The molecule has 2 aromatic carbocycles. The van der Waals surface area contributed by atoms with Crippen LogP contribution < -0.4 is 9.47 Å². The number of ether oxygens (including phenoxy) is 2. The standard InChI is InChI=1S/C14H14O5/c1-7-4-8-11(18-2)5-10(16)9(6-15)12(8)13(17)14(7)19-3/h4-6,16-17H,1-3H3. The van der Waals surface area contributed by atoms with Crippen LogP contribution in [0, 0.1) is 6.92 Å². The Balaban J connectivity index is 3.05. The molecule has 0 saturated heterocycles. The van der Waals surface area contributed by atoms with Gasteiger partial charge >= 0.3 is 0 Å². The van der Waals surface area contributed by atoms with E-state index in [1.165, 1.54) is 20.3 Å². The minimum atomic E-state index is -0.249. The number of benzene rings is 2. The molecule has 0 atom stereocenters. The molecule has 0 saturated carbocycles. The van der Waals surface area contributed by atoms with Crippen LogP contribution in [0.2, 0.25) is 0 Å². The molecule has 19 heavy (non-hydrogen) atoms. The zero-order valence-corrected chi connectivity index (χ0v) is 10.9. The van der Waals surface area contributed by atoms with E-state index in [0.29, 0.717) is 23.0 Å². The Hall–Kier alpha value is -2.43. The summed E-state index contributed by atoms with van der Waals surface area (Å²) in [5, 5.41) is 20.8. The molecule has 0 aliphatic rings. The Bertz CT molecular complexity index is 661. The van der Waals surface area contributed by atoms with E-state index in [2.05, 4.69) is 0 Å². The highest BCUT2D eigenvalue weighted by molar-refractivity contribution is 6.08. The van der Waals surface area contributed by atoms with Crippen molar-refractivity contribution in [1.82, 2.24) is 0 Å². The normalized spacial score (nSPS) is 10.5. The van der Waals surface area contributed by atoms with Gasteiger partial charge in [0.2, 0.25) is 0 Å². The first-order chi connectivity index (χ1) is 9.04. The van der Waals surface area contributed by atoms with Crippen molar-refractivity contribution in [2.45, 2.75) is 6.92 Å². The summed E-state index contributed by atoms with van der Waals surface area (Å²) in [6, 6.07) is 3.08. The van der Waals surface area contributed by atoms with Gasteiger partial charge in [-0.3, -0.25) is 4.79 Å². The third-order valence-electron chi connectivity index (χ3n) is 3.06. The van der Waals surface area contributed by atoms with Crippen LogP contribution in [0.5, 0.6) is 23.0 Å². The second-order valence-corrected chi connectivity index (χ2v) is 4.13. The van der Waals surface area contributed by atoms with Crippen molar-refractivity contribution in [3.05, 3.63) is 23.3 Å². The number of phenols is 2. The lowest BCUT2D eigenvalue weighted by Gasteiger charge is -2.15. The fraction of sp³-hybridized carbons (Fsp3) is 0.214. The molecule has 5 heteroatoms. The zero-order valence-electron chi connectivity index (χ0n) is 10.9. The molecule has 0 aliphatic carbocycles. The summed E-state index contributed by atoms with van der Waals surface area (Å²) < 4.78 is 10.3. The summed E-state index contributed by atoms with van der Waals surface area (Å²) in [7, 11) is 2.87. The van der Waals surface area contributed by atoms with Crippen molar-refractivity contribution < 1.29 is 24.5 Å². The smallest absolute Gasteiger partial charge is 0.166 e. The average molecular weight is 262 g/mol. The second kappa shape index (κ2) is 4.68. The van der Waals surface area contributed by atoms with Gasteiger partial charge in [-0.15, -0.1) is 0 Å². The molecule has 5 nitrogen and oxygen atoms in total. The van der Waals surface area contributed by atoms with E-state index in [0.717, 1.165) is 0 Å². The summed E-state index contributed by atoms with van der Waals surface area (Å²) >= 11 is 0. The van der Waals surface area contributed by atoms with Gasteiger partial charge in [-0.1, -0.05) is 0 Å². The number of hydrogen-bond acceptors (Lipinski definition) is 5. The zero-order chi connectivity index (χ0) is 14.2. The predicted molar refractivity (Wildman–Crippen MR) is 70.5 cm³/mol. The van der Waals surface area contributed by atoms with E-state index < -0.39 is 0 Å². The van der Waals surface area contributed by atoms with Crippen molar-refractivity contribution in [1.29, 1.82) is 0 Å². The van der Waals surface area contributed by atoms with Crippen molar-refractivity contribution >= 4 is 17.1 Å². The average Bonchev–Trinajstić information content (AvgIpc) is 2.39. The lowest BCUT2D eigenvalue weighted by atomic mass is 9.99. The van der Waals surface area contributed by atoms with Gasteiger partial charge in [0, 0.05) is 16.8 Å². The Morgan fingerprint density at radius 1 is 1.16 bits per heavy atom. The van der Waals surface area contributed by atoms with E-state index in [9.17, 15) is 15.0 Å². The van der Waals surface area contributed by atoms with Crippen LogP contribution in [0.4, 0.5) is 0 Å². The number of carbonyl (C=O) groups is 1. The van der Waals surface area contributed by atoms with Gasteiger partial charge in [0.15, 0.2) is 17.8 Å². The monoisotopic (exact) mass is 262 g/mol. The minimum absolute atomic E-state index is 0.00611. The van der Waals surface area contributed by atoms with Crippen LogP contribution in [0.15, 0.2) is 12.1 Å². The van der Waals surface area contributed by atoms with Gasteiger partial charge in [-0.05, 0) is 18.6 Å². The van der Waals surface area contributed by atoms with Crippen LogP contribution in [-0.4, -0.2) is 30.7 Å². The maximum Gasteiger partial charge on any atom is 0.166 e. The molecule has 0 radical (unpaired) electrons. The summed E-state index contributed by atoms with van der Waals surface area (Å²) in [5.41, 5.74) is 0.708. The van der Waals surface area contributed by atoms with Gasteiger partial charge in [-0.2, -0.15) is 0 Å². The van der Waals surface area contributed by atoms with E-state index in [1.54, 1.807) is 13.0 Å². The molecule has 0 aliphatic heterocycles. The maximum absolute atomic E-state index is 11.1. The maximum atomic E-state index is 11.1. The van der Waals surface area contributed by atoms with Gasteiger partial charge in [0.05, 0.1) is 19.8 Å². The van der Waals surface area contributed by atoms with Crippen molar-refractivity contribution in [3.8, 4) is 23.0 Å². The lowest BCUT2D eigenvalue weighted by Crippen LogP contribution is -1.95. The van der Waals surface area contributed by atoms with Crippen LogP contribution >= 0.6 is 0 Å². The SMILES string of the molecule is COc1c(C)cc2c(OC)cc(O)c(C=O)c2c1O. The molecule has 2 rings (SSSR count). The highest BCUT2D eigenvalue weighted by Crippen LogP contribution is 2.44. The Morgan fingerprint density at radius 3 is 2.37 bits per heavy atom. The molecule has 0 amide bonds. The summed E-state index contributed by atoms with van der Waals surface area (Å²) in [5.74, 6) is 0.205. The molecule has 2 N–H and O–H groups in total. The Kier molecular flexibility index (Phi) is 3.21. The molecule has 100 valence electrons. The molecule has 0 heterocycles. The number of hydrogen-bond donors (Lipinski definition) is 2. The van der Waals surface area contributed by atoms with Gasteiger partial charge in [0.1, 0.15) is 11.5 Å². The molecule has 0 spiro atoms. The third kappa shape index (κ3) is 1.83. The number of carbonyl (C=O) groups excluding carboxylic acids is 1. The first-order valence-electron chi connectivity index (χ1n) is 5.60. The molecular formula is C14H14O5. The van der Waals surface area contributed by atoms with Gasteiger partial charge in [-0.25, -0.2) is 0 Å². The summed E-state index contributed by atoms with van der Waals surface area (Å²) in [4.78, 5) is 11.1. The molecule has 2 aromatic rings. The van der Waals surface area contributed by atoms with Crippen molar-refractivity contribution in [2.75, 3.05) is 14.2 Å². The van der Waals surface area contributed by atoms with Crippen LogP contribution in [0.3, 0.4) is 0 Å². The van der Waals surface area contributed by atoms with Crippen LogP contribution in [0.1, 0.15) is 15.9 Å². The Labute approximate surface area is 110 Å². The molecule has 0 bridgehead atoms. The molecule has 0 unspecified atom stereocenters. The molecular weight excluding hydrogens is 248 g/mol. The first kappa shape index (κ1) is 13.0. The van der Waals surface area contributed by atoms with E-state index in [1.807, 2.05) is 0 Å². The van der Waals surface area contributed by atoms with Crippen molar-refractivity contribution in [2.24, 2.45) is 0 Å². The minimum Gasteiger partial charge on any atom is -0.507 e. The van der Waals surface area contributed by atoms with E-state index in [4.69, 9.17) is 9.47 Å². The number of methoxy groups -OCH3 is 2. The summed E-state index contributed by atoms with van der Waals surface area (Å²) in [6.45, 7) is 1.77. The number of aryl methyl sites for hydroxylation is 1. The predicted octanol–water partition coefficient (Wildman–Crippen LogP) is 2.39. The highest BCUT2D eigenvalue weighted by atomic mass is 16.5. The molecule has 0 aromatic heterocycles. The fourth-order valence-corrected chi connectivity index (χ4v) is 2.20. The number of fused-ring (bicyclic) bond motifs is 1. The Morgan fingerprint density at radius 2 is 1.84 bits per heavy atom. The van der Waals surface area contributed by atoms with Crippen LogP contribution in [-0.2, 0) is 0 Å². The van der Waals surface area contributed by atoms with Gasteiger partial charge < -0.3 is 19.7 Å². The summed E-state index contributed by atoms with van der Waals surface area (Å²) in [6.07, 6.45) is 0.492. The second-order valence-electron chi connectivity index (χ2n) is 4.13. The third-order valence-corrected chi connectivity index (χ3v) is 3.06. The number of aromatic hydroxyl groups is 2. The lowest BCUT2D eigenvalue weighted by molar-refractivity contribution is 0.112. The molecule has 0 fully saturated rings. The first-order valence-corrected chi connectivity index (χ1v) is 5.60. The van der Waals surface area contributed by atoms with Gasteiger partial charge in [0.25, 0.3) is 0 Å². The van der Waals surface area contributed by atoms with E-state index in [-0.39, 0.29) is 28.2 Å². The quantitative estimate of drug-likeness (QED) is 0.830. The number of phenolic OH excluding ortho intramolecular Hbond substituents is 2. The highest BCUT2D eigenvalue weighted by Gasteiger charge is 2.19.